The summed E-state index contributed by atoms with van der Waals surface area (Å²) in [6, 6.07) is 2.80. The highest BCUT2D eigenvalue weighted by Crippen LogP contribution is 2.36. The maximum Gasteiger partial charge on any atom is 0.260 e. The first-order chi connectivity index (χ1) is 14.2. The van der Waals surface area contributed by atoms with Crippen LogP contribution in [0.2, 0.25) is 0 Å². The fourth-order valence-electron chi connectivity index (χ4n) is 4.34. The molecule has 2 fully saturated rings. The van der Waals surface area contributed by atoms with Gasteiger partial charge in [0.2, 0.25) is 11.8 Å². The van der Waals surface area contributed by atoms with Crippen LogP contribution >= 0.6 is 0 Å². The van der Waals surface area contributed by atoms with Crippen LogP contribution in [0.1, 0.15) is 42.5 Å². The molecule has 154 valence electrons. The van der Waals surface area contributed by atoms with Gasteiger partial charge >= 0.3 is 0 Å². The van der Waals surface area contributed by atoms with Crippen LogP contribution in [0, 0.1) is 0 Å². The van der Waals surface area contributed by atoms with Gasteiger partial charge in [-0.3, -0.25) is 4.79 Å². The topological polar surface area (TPSA) is 85.6 Å². The fraction of sp³-hybridized carbons (Fsp3) is 0.600. The molecule has 5 rings (SSSR count). The molecule has 0 radical (unpaired) electrons. The van der Waals surface area contributed by atoms with E-state index in [0.717, 1.165) is 44.7 Å². The summed E-state index contributed by atoms with van der Waals surface area (Å²) >= 11 is 0. The zero-order valence-electron chi connectivity index (χ0n) is 16.7. The van der Waals surface area contributed by atoms with Gasteiger partial charge in [-0.15, -0.1) is 0 Å². The third kappa shape index (κ3) is 3.49. The molecule has 1 saturated carbocycles. The lowest BCUT2D eigenvalue weighted by molar-refractivity contribution is 0.0705. The Balaban J connectivity index is 1.28. The zero-order valence-corrected chi connectivity index (χ0v) is 16.7. The third-order valence-corrected chi connectivity index (χ3v) is 5.96. The van der Waals surface area contributed by atoms with Gasteiger partial charge < -0.3 is 19.3 Å². The molecule has 3 aliphatic rings. The Morgan fingerprint density at radius 3 is 2.72 bits per heavy atom. The first-order valence-electron chi connectivity index (χ1n) is 10.4. The van der Waals surface area contributed by atoms with Gasteiger partial charge in [-0.05, 0) is 25.7 Å². The SMILES string of the molecule is COc1cc(N(C2CC2)C2CCN(C(=O)c3cnn4c3OCCC4)CC2)ncn1. The first kappa shape index (κ1) is 18.2. The Morgan fingerprint density at radius 2 is 1.97 bits per heavy atom. The van der Waals surface area contributed by atoms with Gasteiger partial charge in [-0.2, -0.15) is 5.10 Å². The molecule has 4 heterocycles. The van der Waals surface area contributed by atoms with Crippen LogP contribution in [0.3, 0.4) is 0 Å². The van der Waals surface area contributed by atoms with E-state index in [4.69, 9.17) is 9.47 Å². The van der Waals surface area contributed by atoms with Crippen molar-refractivity contribution in [3.63, 3.8) is 0 Å². The summed E-state index contributed by atoms with van der Waals surface area (Å²) in [5.74, 6) is 2.15. The molecule has 1 amide bonds. The summed E-state index contributed by atoms with van der Waals surface area (Å²) in [6.45, 7) is 2.90. The standard InChI is InChI=1S/C20H26N6O3/c1-28-18-11-17(21-13-22-18)26(14-3-4-14)15-5-8-24(9-6-15)19(27)16-12-23-25-7-2-10-29-20(16)25/h11-15H,2-10H2,1H3. The molecule has 29 heavy (non-hydrogen) atoms. The van der Waals surface area contributed by atoms with E-state index < -0.39 is 0 Å². The second-order valence-electron chi connectivity index (χ2n) is 7.87. The minimum absolute atomic E-state index is 0.0216. The van der Waals surface area contributed by atoms with E-state index in [1.165, 1.54) is 12.8 Å². The van der Waals surface area contributed by atoms with E-state index >= 15 is 0 Å². The summed E-state index contributed by atoms with van der Waals surface area (Å²) in [7, 11) is 1.62. The van der Waals surface area contributed by atoms with Crippen molar-refractivity contribution in [2.75, 3.05) is 31.7 Å². The van der Waals surface area contributed by atoms with Crippen LogP contribution < -0.4 is 14.4 Å². The number of piperidine rings is 1. The lowest BCUT2D eigenvalue weighted by Gasteiger charge is -2.39. The van der Waals surface area contributed by atoms with Gasteiger partial charge in [0.05, 0.1) is 19.9 Å². The maximum atomic E-state index is 13.1. The average Bonchev–Trinajstić information content (AvgIpc) is 3.51. The lowest BCUT2D eigenvalue weighted by Crippen LogP contribution is -2.48. The molecule has 2 aromatic rings. The molecular formula is C20H26N6O3. The second kappa shape index (κ2) is 7.53. The van der Waals surface area contributed by atoms with Crippen LogP contribution in [0.25, 0.3) is 0 Å². The molecule has 2 aromatic heterocycles. The number of hydrogen-bond donors (Lipinski definition) is 0. The number of rotatable bonds is 5. The van der Waals surface area contributed by atoms with Crippen LogP contribution in [0.15, 0.2) is 18.6 Å². The predicted octanol–water partition coefficient (Wildman–Crippen LogP) is 1.74. The number of likely N-dealkylation sites (tertiary alicyclic amines) is 1. The molecule has 0 atom stereocenters. The van der Waals surface area contributed by atoms with E-state index in [1.54, 1.807) is 24.3 Å². The first-order valence-corrected chi connectivity index (χ1v) is 10.4. The summed E-state index contributed by atoms with van der Waals surface area (Å²) in [5, 5.41) is 4.31. The highest BCUT2D eigenvalue weighted by molar-refractivity contribution is 5.96. The Labute approximate surface area is 169 Å². The van der Waals surface area contributed by atoms with Crippen LogP contribution in [-0.4, -0.2) is 69.4 Å². The highest BCUT2D eigenvalue weighted by atomic mass is 16.5. The quantitative estimate of drug-likeness (QED) is 0.758. The minimum Gasteiger partial charge on any atom is -0.481 e. The van der Waals surface area contributed by atoms with Crippen LogP contribution in [0.5, 0.6) is 11.8 Å². The van der Waals surface area contributed by atoms with Gasteiger partial charge in [-0.1, -0.05) is 0 Å². The smallest absolute Gasteiger partial charge is 0.260 e. The summed E-state index contributed by atoms with van der Waals surface area (Å²) < 4.78 is 12.8. The molecule has 2 aliphatic heterocycles. The van der Waals surface area contributed by atoms with E-state index in [1.807, 2.05) is 11.0 Å². The monoisotopic (exact) mass is 398 g/mol. The Bertz CT molecular complexity index is 888. The third-order valence-electron chi connectivity index (χ3n) is 5.96. The normalized spacial score (nSPS) is 19.4. The number of fused-ring (bicyclic) bond motifs is 1. The van der Waals surface area contributed by atoms with Gasteiger partial charge in [0.15, 0.2) is 0 Å². The summed E-state index contributed by atoms with van der Waals surface area (Å²) in [5.41, 5.74) is 0.586. The second-order valence-corrected chi connectivity index (χ2v) is 7.87. The number of aryl methyl sites for hydroxylation is 1. The van der Waals surface area contributed by atoms with E-state index in [0.29, 0.717) is 36.0 Å². The number of hydrogen-bond acceptors (Lipinski definition) is 7. The Morgan fingerprint density at radius 1 is 1.17 bits per heavy atom. The average molecular weight is 398 g/mol. The summed E-state index contributed by atoms with van der Waals surface area (Å²) in [4.78, 5) is 26.0. The van der Waals surface area contributed by atoms with Gasteiger partial charge in [0.1, 0.15) is 17.7 Å². The van der Waals surface area contributed by atoms with Crippen molar-refractivity contribution in [1.29, 1.82) is 0 Å². The van der Waals surface area contributed by atoms with Gasteiger partial charge in [-0.25, -0.2) is 14.6 Å². The van der Waals surface area contributed by atoms with Crippen molar-refractivity contribution in [2.24, 2.45) is 0 Å². The number of anilines is 1. The van der Waals surface area contributed by atoms with Crippen molar-refractivity contribution in [2.45, 2.75) is 50.7 Å². The van der Waals surface area contributed by atoms with E-state index in [-0.39, 0.29) is 5.91 Å². The van der Waals surface area contributed by atoms with Crippen LogP contribution in [-0.2, 0) is 6.54 Å². The molecule has 1 saturated heterocycles. The van der Waals surface area contributed by atoms with Crippen molar-refractivity contribution in [1.82, 2.24) is 24.6 Å². The largest absolute Gasteiger partial charge is 0.481 e. The maximum absolute atomic E-state index is 13.1. The minimum atomic E-state index is 0.0216. The molecule has 9 nitrogen and oxygen atoms in total. The van der Waals surface area contributed by atoms with E-state index in [2.05, 4.69) is 20.0 Å². The lowest BCUT2D eigenvalue weighted by atomic mass is 10.0. The fourth-order valence-corrected chi connectivity index (χ4v) is 4.34. The number of ether oxygens (including phenoxy) is 2. The molecule has 0 N–H and O–H groups in total. The highest BCUT2D eigenvalue weighted by Gasteiger charge is 2.38. The number of aromatic nitrogens is 4. The Hall–Kier alpha value is -2.84. The Kier molecular flexibility index (Phi) is 4.73. The number of carbonyl (C=O) groups excluding carboxylic acids is 1. The molecule has 0 aromatic carbocycles. The summed E-state index contributed by atoms with van der Waals surface area (Å²) in [6.07, 6.45) is 8.34. The molecule has 0 bridgehead atoms. The number of nitrogens with zero attached hydrogens (tertiary/aromatic N) is 6. The molecule has 9 heteroatoms. The molecular weight excluding hydrogens is 372 g/mol. The van der Waals surface area contributed by atoms with Crippen molar-refractivity contribution >= 4 is 11.7 Å². The van der Waals surface area contributed by atoms with Crippen molar-refractivity contribution in [3.8, 4) is 11.8 Å². The van der Waals surface area contributed by atoms with E-state index in [9.17, 15) is 4.79 Å². The predicted molar refractivity (Wildman–Crippen MR) is 105 cm³/mol. The van der Waals surface area contributed by atoms with Gasteiger partial charge in [0, 0.05) is 44.2 Å². The number of carbonyl (C=O) groups is 1. The number of amides is 1. The molecule has 0 spiro atoms. The van der Waals surface area contributed by atoms with Crippen molar-refractivity contribution < 1.29 is 14.3 Å². The van der Waals surface area contributed by atoms with Gasteiger partial charge in [0.25, 0.3) is 5.91 Å². The molecule has 1 aliphatic carbocycles. The number of methoxy groups -OCH3 is 1. The van der Waals surface area contributed by atoms with Crippen LogP contribution in [0.4, 0.5) is 5.82 Å². The van der Waals surface area contributed by atoms with Crippen molar-refractivity contribution in [3.05, 3.63) is 24.2 Å². The zero-order chi connectivity index (χ0) is 19.8. The molecule has 0 unspecified atom stereocenters.